The lowest BCUT2D eigenvalue weighted by Crippen LogP contribution is -2.42. The number of hydrogen-bond acceptors (Lipinski definition) is 7. The largest absolute Gasteiger partial charge is 0.416 e. The van der Waals surface area contributed by atoms with E-state index in [0.717, 1.165) is 0 Å². The number of rotatable bonds is 7. The highest BCUT2D eigenvalue weighted by atomic mass is 19.4. The van der Waals surface area contributed by atoms with E-state index in [9.17, 15) is 33.4 Å². The predicted molar refractivity (Wildman–Crippen MR) is 87.5 cm³/mol. The fourth-order valence-corrected chi connectivity index (χ4v) is 2.98. The maximum Gasteiger partial charge on any atom is 0.416 e. The van der Waals surface area contributed by atoms with Crippen LogP contribution < -0.4 is 4.90 Å². The second-order valence-electron chi connectivity index (χ2n) is 5.95. The molecule has 0 aliphatic carbocycles. The summed E-state index contributed by atoms with van der Waals surface area (Å²) in [5.74, 6) is 0. The molecule has 0 saturated carbocycles. The van der Waals surface area contributed by atoms with Gasteiger partial charge in [-0.05, 0) is 6.42 Å². The summed E-state index contributed by atoms with van der Waals surface area (Å²) in [5, 5.41) is 22.8. The van der Waals surface area contributed by atoms with Crippen molar-refractivity contribution in [3.63, 3.8) is 0 Å². The van der Waals surface area contributed by atoms with Crippen molar-refractivity contribution in [2.75, 3.05) is 25.2 Å². The van der Waals surface area contributed by atoms with Gasteiger partial charge in [-0.1, -0.05) is 13.3 Å². The number of likely N-dealkylation sites (N-methyl/N-ethyl adjacent to an activating group) is 1. The van der Waals surface area contributed by atoms with Crippen molar-refractivity contribution in [3.8, 4) is 0 Å². The summed E-state index contributed by atoms with van der Waals surface area (Å²) in [6.07, 6.45) is -4.76. The van der Waals surface area contributed by atoms with Crippen molar-refractivity contribution in [2.24, 2.45) is 0 Å². The van der Waals surface area contributed by atoms with Crippen LogP contribution in [0, 0.1) is 20.2 Å². The number of nitro groups is 2. The Bertz CT molecular complexity index is 686. The van der Waals surface area contributed by atoms with E-state index in [1.165, 1.54) is 11.9 Å². The molecule has 0 radical (unpaired) electrons. The van der Waals surface area contributed by atoms with Crippen LogP contribution in [0.25, 0.3) is 0 Å². The Morgan fingerprint density at radius 1 is 1.19 bits per heavy atom. The van der Waals surface area contributed by atoms with E-state index in [-0.39, 0.29) is 13.2 Å². The van der Waals surface area contributed by atoms with Gasteiger partial charge in [0.2, 0.25) is 0 Å². The normalized spacial score (nSPS) is 16.3. The van der Waals surface area contributed by atoms with E-state index < -0.39 is 51.0 Å². The zero-order valence-corrected chi connectivity index (χ0v) is 14.6. The lowest BCUT2D eigenvalue weighted by molar-refractivity contribution is -0.393. The van der Waals surface area contributed by atoms with Crippen molar-refractivity contribution >= 4 is 17.1 Å². The van der Waals surface area contributed by atoms with Crippen LogP contribution in [0.15, 0.2) is 12.1 Å². The summed E-state index contributed by atoms with van der Waals surface area (Å²) in [7, 11) is 1.34. The Balaban J connectivity index is 2.64. The van der Waals surface area contributed by atoms with Crippen LogP contribution >= 0.6 is 0 Å². The molecule has 1 atom stereocenters. The summed E-state index contributed by atoms with van der Waals surface area (Å²) in [5.41, 5.74) is -3.98. The minimum atomic E-state index is -4.97. The van der Waals surface area contributed by atoms with Gasteiger partial charge in [-0.2, -0.15) is 13.2 Å². The summed E-state index contributed by atoms with van der Waals surface area (Å²) in [4.78, 5) is 21.9. The van der Waals surface area contributed by atoms with Gasteiger partial charge in [-0.25, -0.2) is 0 Å². The second-order valence-corrected chi connectivity index (χ2v) is 5.95. The molecule has 0 amide bonds. The zero-order valence-electron chi connectivity index (χ0n) is 14.6. The van der Waals surface area contributed by atoms with Gasteiger partial charge in [0.05, 0.1) is 34.7 Å². The Hall–Kier alpha value is -2.47. The molecular weight excluding hydrogens is 375 g/mol. The fraction of sp³-hybridized carbons (Fsp3) is 0.600. The van der Waals surface area contributed by atoms with E-state index in [4.69, 9.17) is 9.47 Å². The van der Waals surface area contributed by atoms with Gasteiger partial charge >= 0.3 is 6.18 Å². The van der Waals surface area contributed by atoms with Gasteiger partial charge in [0.15, 0.2) is 12.0 Å². The first-order chi connectivity index (χ1) is 12.6. The number of nitro benzene ring substituents is 2. The fourth-order valence-electron chi connectivity index (χ4n) is 2.98. The molecule has 0 bridgehead atoms. The molecule has 1 aliphatic heterocycles. The molecule has 1 aromatic rings. The molecule has 1 unspecified atom stereocenters. The second kappa shape index (κ2) is 8.05. The molecule has 0 spiro atoms. The van der Waals surface area contributed by atoms with E-state index >= 15 is 0 Å². The summed E-state index contributed by atoms with van der Waals surface area (Å²) in [6, 6.07) is -0.0391. The first-order valence-electron chi connectivity index (χ1n) is 8.08. The van der Waals surface area contributed by atoms with Crippen molar-refractivity contribution in [1.29, 1.82) is 0 Å². The average molecular weight is 393 g/mol. The third kappa shape index (κ3) is 4.45. The number of halogens is 3. The van der Waals surface area contributed by atoms with Crippen molar-refractivity contribution in [1.82, 2.24) is 0 Å². The Kier molecular flexibility index (Phi) is 6.21. The number of hydrogen-bond donors (Lipinski definition) is 0. The predicted octanol–water partition coefficient (Wildman–Crippen LogP) is 3.50. The van der Waals surface area contributed by atoms with Crippen LogP contribution in [0.3, 0.4) is 0 Å². The quantitative estimate of drug-likeness (QED) is 0.515. The van der Waals surface area contributed by atoms with E-state index in [2.05, 4.69) is 0 Å². The molecule has 1 fully saturated rings. The highest BCUT2D eigenvalue weighted by Gasteiger charge is 2.41. The number of anilines is 1. The van der Waals surface area contributed by atoms with Gasteiger partial charge in [-0.3, -0.25) is 20.2 Å². The van der Waals surface area contributed by atoms with Crippen molar-refractivity contribution in [2.45, 2.75) is 38.3 Å². The topological polar surface area (TPSA) is 108 Å². The molecule has 9 nitrogen and oxygen atoms in total. The van der Waals surface area contributed by atoms with E-state index in [1.807, 2.05) is 6.92 Å². The van der Waals surface area contributed by atoms with Gasteiger partial charge in [-0.15, -0.1) is 0 Å². The third-order valence-corrected chi connectivity index (χ3v) is 4.19. The molecule has 0 N–H and O–H groups in total. The van der Waals surface area contributed by atoms with E-state index in [0.29, 0.717) is 25.0 Å². The molecule has 150 valence electrons. The average Bonchev–Trinajstić information content (AvgIpc) is 3.11. The molecule has 27 heavy (non-hydrogen) atoms. The highest BCUT2D eigenvalue weighted by Crippen LogP contribution is 2.44. The lowest BCUT2D eigenvalue weighted by atomic mass is 10.1. The first kappa shape index (κ1) is 20.8. The number of ether oxygens (including phenoxy) is 2. The van der Waals surface area contributed by atoms with Crippen LogP contribution in [-0.2, 0) is 15.7 Å². The highest BCUT2D eigenvalue weighted by molar-refractivity contribution is 5.76. The van der Waals surface area contributed by atoms with Gasteiger partial charge in [0.1, 0.15) is 0 Å². The maximum atomic E-state index is 13.0. The SMILES string of the molecule is CCCC(C1OCCO1)N(C)c1c([N+](=O)[O-])cc(C(F)(F)F)cc1[N+](=O)[O-]. The molecule has 0 aromatic heterocycles. The molecule has 2 rings (SSSR count). The Labute approximate surface area is 151 Å². The minimum absolute atomic E-state index is 0.288. The molecule has 1 aromatic carbocycles. The summed E-state index contributed by atoms with van der Waals surface area (Å²) >= 11 is 0. The van der Waals surface area contributed by atoms with Gasteiger partial charge < -0.3 is 14.4 Å². The van der Waals surface area contributed by atoms with Crippen LogP contribution in [0.2, 0.25) is 0 Å². The van der Waals surface area contributed by atoms with Gasteiger partial charge in [0, 0.05) is 19.2 Å². The van der Waals surface area contributed by atoms with Crippen molar-refractivity contribution < 1.29 is 32.5 Å². The van der Waals surface area contributed by atoms with Crippen LogP contribution in [0.5, 0.6) is 0 Å². The summed E-state index contributed by atoms with van der Waals surface area (Å²) < 4.78 is 49.9. The molecule has 12 heteroatoms. The standard InChI is InChI=1S/C15H18F3N3O6/c1-3-4-10(14-26-5-6-27-14)19(2)13-11(20(22)23)7-9(15(16,17)18)8-12(13)21(24)25/h7-8,10,14H,3-6H2,1-2H3. The number of alkyl halides is 3. The van der Waals surface area contributed by atoms with Crippen molar-refractivity contribution in [3.05, 3.63) is 37.9 Å². The van der Waals surface area contributed by atoms with Crippen LogP contribution in [0.1, 0.15) is 25.3 Å². The molecule has 1 aliphatic rings. The van der Waals surface area contributed by atoms with Crippen LogP contribution in [0.4, 0.5) is 30.2 Å². The lowest BCUT2D eigenvalue weighted by Gasteiger charge is -2.32. The molecule has 1 saturated heterocycles. The minimum Gasteiger partial charge on any atom is -0.355 e. The third-order valence-electron chi connectivity index (χ3n) is 4.19. The maximum absolute atomic E-state index is 13.0. The van der Waals surface area contributed by atoms with Gasteiger partial charge in [0.25, 0.3) is 11.4 Å². The zero-order chi connectivity index (χ0) is 20.4. The Morgan fingerprint density at radius 3 is 2.04 bits per heavy atom. The number of nitrogens with zero attached hydrogens (tertiary/aromatic N) is 3. The van der Waals surface area contributed by atoms with E-state index in [1.54, 1.807) is 0 Å². The Morgan fingerprint density at radius 2 is 1.67 bits per heavy atom. The monoisotopic (exact) mass is 393 g/mol. The smallest absolute Gasteiger partial charge is 0.355 e. The first-order valence-corrected chi connectivity index (χ1v) is 8.08. The molecular formula is C15H18F3N3O6. The number of benzene rings is 1. The van der Waals surface area contributed by atoms with Crippen LogP contribution in [-0.4, -0.2) is 42.4 Å². The summed E-state index contributed by atoms with van der Waals surface area (Å²) in [6.45, 7) is 2.40. The molecule has 1 heterocycles.